The second-order valence-corrected chi connectivity index (χ2v) is 7.27. The highest BCUT2D eigenvalue weighted by atomic mass is 79.9. The minimum atomic E-state index is -0.775. The fourth-order valence-corrected chi connectivity index (χ4v) is 3.41. The van der Waals surface area contributed by atoms with Gasteiger partial charge < -0.3 is 19.7 Å². The Hall–Kier alpha value is 0.320. The molecular weight excluding hydrogens is 404 g/mol. The lowest BCUT2D eigenvalue weighted by Gasteiger charge is -2.34. The molecule has 2 saturated heterocycles. The molecule has 0 radical (unpaired) electrons. The smallest absolute Gasteiger partial charge is 0.0871 e. The van der Waals surface area contributed by atoms with Crippen LogP contribution in [0.3, 0.4) is 0 Å². The van der Waals surface area contributed by atoms with Crippen molar-refractivity contribution in [2.24, 2.45) is 0 Å². The predicted molar refractivity (Wildman–Crippen MR) is 87.8 cm³/mol. The summed E-state index contributed by atoms with van der Waals surface area (Å²) < 4.78 is 12.1. The van der Waals surface area contributed by atoms with Crippen LogP contribution in [-0.2, 0) is 9.47 Å². The number of aliphatic hydroxyl groups excluding tert-OH is 2. The van der Waals surface area contributed by atoms with Gasteiger partial charge >= 0.3 is 0 Å². The Labute approximate surface area is 142 Å². The molecule has 0 aliphatic carbocycles. The number of alkyl halides is 1. The summed E-state index contributed by atoms with van der Waals surface area (Å²) in [5.41, 5.74) is 2.96. The monoisotopic (exact) mass is 424 g/mol. The Bertz CT molecular complexity index is 397. The van der Waals surface area contributed by atoms with E-state index in [4.69, 9.17) is 9.47 Å². The van der Waals surface area contributed by atoms with E-state index in [2.05, 4.69) is 44.5 Å². The lowest BCUT2D eigenvalue weighted by Crippen LogP contribution is -2.44. The van der Waals surface area contributed by atoms with Crippen LogP contribution in [0.5, 0.6) is 0 Å². The SMILES string of the molecule is CC[C@@H](Br)[C@H]1C[C@H](O)[C@H](O)C[C@H]2OC(C=C=CBr)C[C@H]2O1. The summed E-state index contributed by atoms with van der Waals surface area (Å²) in [5, 5.41) is 20.2. The molecule has 0 spiro atoms. The quantitative estimate of drug-likeness (QED) is 0.539. The molecule has 0 aromatic rings. The fourth-order valence-electron chi connectivity index (χ4n) is 2.92. The van der Waals surface area contributed by atoms with Gasteiger partial charge in [0.15, 0.2) is 0 Å². The average Bonchev–Trinajstić information content (AvgIpc) is 2.83. The summed E-state index contributed by atoms with van der Waals surface area (Å²) in [6, 6.07) is 0. The maximum atomic E-state index is 10.1. The largest absolute Gasteiger partial charge is 0.390 e. The van der Waals surface area contributed by atoms with E-state index in [1.165, 1.54) is 0 Å². The normalized spacial score (nSPS) is 41.4. The van der Waals surface area contributed by atoms with Crippen molar-refractivity contribution in [1.82, 2.24) is 0 Å². The number of hydrogen-bond donors (Lipinski definition) is 2. The summed E-state index contributed by atoms with van der Waals surface area (Å²) >= 11 is 6.79. The number of fused-ring (bicyclic) bond motifs is 1. The Kier molecular flexibility index (Phi) is 6.94. The number of aliphatic hydroxyl groups is 2. The minimum absolute atomic E-state index is 0.0536. The highest BCUT2D eigenvalue weighted by molar-refractivity contribution is 9.11. The maximum absolute atomic E-state index is 10.1. The Balaban J connectivity index is 2.11. The highest BCUT2D eigenvalue weighted by Crippen LogP contribution is 2.34. The first-order chi connectivity index (χ1) is 10.0. The first-order valence-corrected chi connectivity index (χ1v) is 9.20. The number of halogens is 2. The van der Waals surface area contributed by atoms with Crippen molar-refractivity contribution in [3.63, 3.8) is 0 Å². The molecule has 0 aromatic heterocycles. The van der Waals surface area contributed by atoms with Gasteiger partial charge in [-0.15, -0.1) is 5.73 Å². The molecular formula is C15H22Br2O4. The number of hydrogen-bond acceptors (Lipinski definition) is 4. The van der Waals surface area contributed by atoms with Gasteiger partial charge in [-0.2, -0.15) is 0 Å². The van der Waals surface area contributed by atoms with Gasteiger partial charge in [0.2, 0.25) is 0 Å². The van der Waals surface area contributed by atoms with Crippen LogP contribution in [0.1, 0.15) is 32.6 Å². The lowest BCUT2D eigenvalue weighted by molar-refractivity contribution is -0.122. The van der Waals surface area contributed by atoms with Crippen LogP contribution in [0.15, 0.2) is 16.8 Å². The zero-order valence-electron chi connectivity index (χ0n) is 12.0. The summed E-state index contributed by atoms with van der Waals surface area (Å²) in [6.07, 6.45) is 2.38. The van der Waals surface area contributed by atoms with E-state index >= 15 is 0 Å². The van der Waals surface area contributed by atoms with E-state index in [0.717, 1.165) is 12.8 Å². The Morgan fingerprint density at radius 1 is 1.19 bits per heavy atom. The second-order valence-electron chi connectivity index (χ2n) is 5.63. The molecule has 0 bridgehead atoms. The molecule has 120 valence electrons. The van der Waals surface area contributed by atoms with Gasteiger partial charge in [0.1, 0.15) is 0 Å². The van der Waals surface area contributed by atoms with Gasteiger partial charge in [0.25, 0.3) is 0 Å². The second kappa shape index (κ2) is 8.25. The third kappa shape index (κ3) is 4.64. The third-order valence-corrected chi connectivity index (χ3v) is 5.61. The van der Waals surface area contributed by atoms with Crippen molar-refractivity contribution in [1.29, 1.82) is 0 Å². The van der Waals surface area contributed by atoms with Crippen molar-refractivity contribution in [3.8, 4) is 0 Å². The van der Waals surface area contributed by atoms with Gasteiger partial charge in [-0.05, 0) is 12.5 Å². The molecule has 2 aliphatic rings. The zero-order valence-corrected chi connectivity index (χ0v) is 15.2. The van der Waals surface area contributed by atoms with Gasteiger partial charge in [-0.1, -0.05) is 38.8 Å². The molecule has 2 N–H and O–H groups in total. The fraction of sp³-hybridized carbons (Fsp3) is 0.800. The third-order valence-electron chi connectivity index (χ3n) is 4.11. The van der Waals surface area contributed by atoms with Gasteiger partial charge in [-0.25, -0.2) is 0 Å². The summed E-state index contributed by atoms with van der Waals surface area (Å²) in [7, 11) is 0. The van der Waals surface area contributed by atoms with Crippen LogP contribution in [0, 0.1) is 0 Å². The molecule has 2 aliphatic heterocycles. The lowest BCUT2D eigenvalue weighted by atomic mass is 9.94. The van der Waals surface area contributed by atoms with Crippen LogP contribution >= 0.6 is 31.9 Å². The average molecular weight is 426 g/mol. The summed E-state index contributed by atoms with van der Waals surface area (Å²) in [4.78, 5) is 1.82. The Morgan fingerprint density at radius 2 is 1.86 bits per heavy atom. The molecule has 2 fully saturated rings. The summed E-state index contributed by atoms with van der Waals surface area (Å²) in [6.45, 7) is 2.07. The zero-order chi connectivity index (χ0) is 15.4. The number of rotatable bonds is 3. The standard InChI is InChI=1S/C15H22Br2O4/c1-2-10(17)13-7-11(18)12(19)8-15-14(21-13)6-9(20-15)4-3-5-16/h4-5,9-15,18-19H,2,6-8H2,1H3/t3?,9?,10-,11+,12-,13-,14-,15-/m1/s1. The molecule has 0 saturated carbocycles. The van der Waals surface area contributed by atoms with Crippen molar-refractivity contribution in [3.05, 3.63) is 16.8 Å². The van der Waals surface area contributed by atoms with Gasteiger partial charge in [-0.3, -0.25) is 0 Å². The van der Waals surface area contributed by atoms with E-state index in [-0.39, 0.29) is 29.2 Å². The predicted octanol–water partition coefficient (Wildman–Crippen LogP) is 2.65. The minimum Gasteiger partial charge on any atom is -0.390 e. The molecule has 21 heavy (non-hydrogen) atoms. The molecule has 4 nitrogen and oxygen atoms in total. The Morgan fingerprint density at radius 3 is 2.52 bits per heavy atom. The van der Waals surface area contributed by atoms with Crippen molar-refractivity contribution in [2.45, 2.75) is 74.1 Å². The maximum Gasteiger partial charge on any atom is 0.0871 e. The summed E-state index contributed by atoms with van der Waals surface area (Å²) in [5.74, 6) is 0. The van der Waals surface area contributed by atoms with Crippen LogP contribution in [0.2, 0.25) is 0 Å². The van der Waals surface area contributed by atoms with E-state index < -0.39 is 12.2 Å². The first-order valence-electron chi connectivity index (χ1n) is 7.37. The topological polar surface area (TPSA) is 58.9 Å². The first kappa shape index (κ1) is 17.7. The van der Waals surface area contributed by atoms with Crippen molar-refractivity contribution in [2.75, 3.05) is 0 Å². The molecule has 0 aromatic carbocycles. The van der Waals surface area contributed by atoms with Crippen LogP contribution in [0.25, 0.3) is 0 Å². The van der Waals surface area contributed by atoms with E-state index in [0.29, 0.717) is 12.8 Å². The van der Waals surface area contributed by atoms with Crippen LogP contribution < -0.4 is 0 Å². The van der Waals surface area contributed by atoms with E-state index in [9.17, 15) is 10.2 Å². The molecule has 6 heteroatoms. The van der Waals surface area contributed by atoms with Crippen molar-refractivity contribution < 1.29 is 19.7 Å². The number of ether oxygens (including phenoxy) is 2. The molecule has 2 rings (SSSR count). The highest BCUT2D eigenvalue weighted by Gasteiger charge is 2.42. The molecule has 7 atom stereocenters. The molecule has 2 heterocycles. The van der Waals surface area contributed by atoms with E-state index in [1.54, 1.807) is 4.99 Å². The molecule has 0 amide bonds. The van der Waals surface area contributed by atoms with Crippen LogP contribution in [0.4, 0.5) is 0 Å². The van der Waals surface area contributed by atoms with Crippen molar-refractivity contribution >= 4 is 31.9 Å². The molecule has 1 unspecified atom stereocenters. The van der Waals surface area contributed by atoms with Gasteiger partial charge in [0.05, 0.1) is 36.6 Å². The van der Waals surface area contributed by atoms with E-state index in [1.807, 2.05) is 6.08 Å². The van der Waals surface area contributed by atoms with Crippen LogP contribution in [-0.4, -0.2) is 51.7 Å². The van der Waals surface area contributed by atoms with Gasteiger partial charge in [0, 0.05) is 29.1 Å².